The molecule has 8 heteroatoms. The van der Waals surface area contributed by atoms with Gasteiger partial charge in [0.2, 0.25) is 5.91 Å². The van der Waals surface area contributed by atoms with E-state index >= 15 is 0 Å². The number of hydrogen-bond donors (Lipinski definition) is 1. The molecule has 1 aliphatic heterocycles. The SMILES string of the molecule is CC[C@@H](C)C(=O)N[C@H]1COc2c(F)cccc2N(Cc2c(OC)ccc3cc(Br)ccc23)C1=O. The molecule has 0 aliphatic carbocycles. The van der Waals surface area contributed by atoms with Crippen molar-refractivity contribution in [2.75, 3.05) is 18.6 Å². The molecule has 0 saturated heterocycles. The highest BCUT2D eigenvalue weighted by atomic mass is 79.9. The summed E-state index contributed by atoms with van der Waals surface area (Å²) in [4.78, 5) is 27.8. The van der Waals surface area contributed by atoms with Gasteiger partial charge in [0.25, 0.3) is 5.91 Å². The average molecular weight is 529 g/mol. The molecule has 0 bridgehead atoms. The van der Waals surface area contributed by atoms with Gasteiger partial charge in [-0.1, -0.05) is 48.0 Å². The Kier molecular flexibility index (Phi) is 7.07. The summed E-state index contributed by atoms with van der Waals surface area (Å²) in [6.07, 6.45) is 0.634. The smallest absolute Gasteiger partial charge is 0.253 e. The van der Waals surface area contributed by atoms with Crippen LogP contribution in [0.15, 0.2) is 53.0 Å². The summed E-state index contributed by atoms with van der Waals surface area (Å²) in [5.74, 6) is -0.872. The van der Waals surface area contributed by atoms with E-state index in [1.807, 2.05) is 37.3 Å². The fraction of sp³-hybridized carbons (Fsp3) is 0.308. The maximum Gasteiger partial charge on any atom is 0.253 e. The van der Waals surface area contributed by atoms with Crippen molar-refractivity contribution in [3.63, 3.8) is 0 Å². The van der Waals surface area contributed by atoms with Crippen LogP contribution in [-0.4, -0.2) is 31.6 Å². The van der Waals surface area contributed by atoms with E-state index in [2.05, 4.69) is 21.2 Å². The molecular weight excluding hydrogens is 503 g/mol. The van der Waals surface area contributed by atoms with E-state index in [1.165, 1.54) is 17.0 Å². The number of benzene rings is 3. The van der Waals surface area contributed by atoms with Gasteiger partial charge < -0.3 is 19.7 Å². The van der Waals surface area contributed by atoms with Crippen LogP contribution in [0.2, 0.25) is 0 Å². The van der Waals surface area contributed by atoms with Gasteiger partial charge in [-0.3, -0.25) is 9.59 Å². The summed E-state index contributed by atoms with van der Waals surface area (Å²) in [5.41, 5.74) is 1.08. The number of carbonyl (C=O) groups excluding carboxylic acids is 2. The lowest BCUT2D eigenvalue weighted by atomic mass is 10.0. The number of nitrogens with zero attached hydrogens (tertiary/aromatic N) is 1. The van der Waals surface area contributed by atoms with Crippen LogP contribution in [0.4, 0.5) is 10.1 Å². The van der Waals surface area contributed by atoms with Crippen LogP contribution in [0.3, 0.4) is 0 Å². The van der Waals surface area contributed by atoms with Crippen molar-refractivity contribution in [3.05, 3.63) is 64.4 Å². The second-order valence-electron chi connectivity index (χ2n) is 8.31. The molecule has 1 heterocycles. The van der Waals surface area contributed by atoms with E-state index in [0.29, 0.717) is 17.9 Å². The summed E-state index contributed by atoms with van der Waals surface area (Å²) in [7, 11) is 1.57. The van der Waals surface area contributed by atoms with Crippen molar-refractivity contribution >= 4 is 44.2 Å². The van der Waals surface area contributed by atoms with Crippen molar-refractivity contribution in [3.8, 4) is 11.5 Å². The van der Waals surface area contributed by atoms with Crippen LogP contribution in [0, 0.1) is 11.7 Å². The lowest BCUT2D eigenvalue weighted by Crippen LogP contribution is -2.51. The lowest BCUT2D eigenvalue weighted by Gasteiger charge is -2.27. The zero-order valence-electron chi connectivity index (χ0n) is 19.2. The number of carbonyl (C=O) groups is 2. The first-order chi connectivity index (χ1) is 16.3. The molecule has 2 amide bonds. The fourth-order valence-corrected chi connectivity index (χ4v) is 4.40. The molecule has 178 valence electrons. The normalized spacial score (nSPS) is 16.4. The molecule has 1 aliphatic rings. The standard InChI is InChI=1S/C26H26BrFN2O4/c1-4-15(2)25(31)29-21-14-34-24-20(28)6-5-7-22(24)30(26(21)32)13-19-18-10-9-17(27)12-16(18)8-11-23(19)33-3/h5-12,15,21H,4,13-14H2,1-3H3,(H,29,31)/t15-,21+/m1/s1. The zero-order valence-corrected chi connectivity index (χ0v) is 20.8. The Morgan fingerprint density at radius 2 is 2.09 bits per heavy atom. The van der Waals surface area contributed by atoms with Gasteiger partial charge in [-0.25, -0.2) is 4.39 Å². The second-order valence-corrected chi connectivity index (χ2v) is 9.22. The number of halogens is 2. The van der Waals surface area contributed by atoms with Gasteiger partial charge >= 0.3 is 0 Å². The number of amides is 2. The number of hydrogen-bond acceptors (Lipinski definition) is 4. The summed E-state index contributed by atoms with van der Waals surface area (Å²) >= 11 is 3.49. The molecule has 0 radical (unpaired) electrons. The Bertz CT molecular complexity index is 1250. The first-order valence-corrected chi connectivity index (χ1v) is 11.9. The Morgan fingerprint density at radius 3 is 2.82 bits per heavy atom. The highest BCUT2D eigenvalue weighted by molar-refractivity contribution is 9.10. The van der Waals surface area contributed by atoms with E-state index < -0.39 is 11.9 Å². The summed E-state index contributed by atoms with van der Waals surface area (Å²) in [6, 6.07) is 13.1. The molecule has 3 aromatic rings. The van der Waals surface area contributed by atoms with Crippen molar-refractivity contribution in [1.29, 1.82) is 0 Å². The van der Waals surface area contributed by atoms with Gasteiger partial charge in [0.1, 0.15) is 18.4 Å². The monoisotopic (exact) mass is 528 g/mol. The third kappa shape index (κ3) is 4.59. The summed E-state index contributed by atoms with van der Waals surface area (Å²) in [5, 5.41) is 4.65. The highest BCUT2D eigenvalue weighted by Crippen LogP contribution is 2.38. The van der Waals surface area contributed by atoms with Crippen molar-refractivity contribution < 1.29 is 23.5 Å². The number of para-hydroxylation sites is 1. The molecular formula is C26H26BrFN2O4. The molecule has 6 nitrogen and oxygen atoms in total. The van der Waals surface area contributed by atoms with E-state index in [0.717, 1.165) is 20.8 Å². The molecule has 3 aromatic carbocycles. The van der Waals surface area contributed by atoms with Crippen molar-refractivity contribution in [2.45, 2.75) is 32.9 Å². The van der Waals surface area contributed by atoms with Gasteiger partial charge in [-0.2, -0.15) is 0 Å². The quantitative estimate of drug-likeness (QED) is 0.477. The Hall–Kier alpha value is -3.13. The largest absolute Gasteiger partial charge is 0.496 e. The number of rotatable bonds is 6. The van der Waals surface area contributed by atoms with Gasteiger partial charge in [-0.05, 0) is 47.5 Å². The van der Waals surface area contributed by atoms with Gasteiger partial charge in [0.05, 0.1) is 19.3 Å². The predicted molar refractivity (Wildman–Crippen MR) is 133 cm³/mol. The van der Waals surface area contributed by atoms with E-state index in [-0.39, 0.29) is 36.6 Å². The molecule has 0 spiro atoms. The van der Waals surface area contributed by atoms with Gasteiger partial charge in [0, 0.05) is 16.0 Å². The number of nitrogens with one attached hydrogen (secondary N) is 1. The molecule has 2 atom stereocenters. The number of fused-ring (bicyclic) bond motifs is 2. The minimum Gasteiger partial charge on any atom is -0.496 e. The topological polar surface area (TPSA) is 67.9 Å². The lowest BCUT2D eigenvalue weighted by molar-refractivity contribution is -0.130. The van der Waals surface area contributed by atoms with E-state index in [4.69, 9.17) is 9.47 Å². The minimum absolute atomic E-state index is 0.0157. The van der Waals surface area contributed by atoms with E-state index in [9.17, 15) is 14.0 Å². The molecule has 0 saturated carbocycles. The summed E-state index contributed by atoms with van der Waals surface area (Å²) in [6.45, 7) is 3.64. The average Bonchev–Trinajstić information content (AvgIpc) is 2.96. The zero-order chi connectivity index (χ0) is 24.4. The maximum absolute atomic E-state index is 14.7. The van der Waals surface area contributed by atoms with Gasteiger partial charge in [-0.15, -0.1) is 0 Å². The maximum atomic E-state index is 14.7. The molecule has 1 N–H and O–H groups in total. The Morgan fingerprint density at radius 1 is 1.29 bits per heavy atom. The van der Waals surface area contributed by atoms with Gasteiger partial charge in [0.15, 0.2) is 11.6 Å². The van der Waals surface area contributed by atoms with E-state index in [1.54, 1.807) is 20.1 Å². The van der Waals surface area contributed by atoms with Crippen LogP contribution in [0.25, 0.3) is 10.8 Å². The van der Waals surface area contributed by atoms with Crippen LogP contribution in [-0.2, 0) is 16.1 Å². The molecule has 4 rings (SSSR count). The summed E-state index contributed by atoms with van der Waals surface area (Å²) < 4.78 is 27.0. The Labute approximate surface area is 206 Å². The fourth-order valence-electron chi connectivity index (χ4n) is 4.02. The first-order valence-electron chi connectivity index (χ1n) is 11.1. The minimum atomic E-state index is -0.955. The molecule has 0 aromatic heterocycles. The third-order valence-electron chi connectivity index (χ3n) is 6.16. The highest BCUT2D eigenvalue weighted by Gasteiger charge is 2.35. The third-order valence-corrected chi connectivity index (χ3v) is 6.65. The second kappa shape index (κ2) is 10.0. The van der Waals surface area contributed by atoms with Crippen LogP contribution in [0.1, 0.15) is 25.8 Å². The number of anilines is 1. The number of methoxy groups -OCH3 is 1. The number of ether oxygens (including phenoxy) is 2. The first kappa shape index (κ1) is 24.0. The van der Waals surface area contributed by atoms with Crippen LogP contribution < -0.4 is 19.7 Å². The Balaban J connectivity index is 1.80. The van der Waals surface area contributed by atoms with Crippen LogP contribution >= 0.6 is 15.9 Å². The molecule has 34 heavy (non-hydrogen) atoms. The van der Waals surface area contributed by atoms with Crippen molar-refractivity contribution in [2.24, 2.45) is 5.92 Å². The predicted octanol–water partition coefficient (Wildman–Crippen LogP) is 5.21. The van der Waals surface area contributed by atoms with Crippen molar-refractivity contribution in [1.82, 2.24) is 5.32 Å². The van der Waals surface area contributed by atoms with Crippen LogP contribution in [0.5, 0.6) is 11.5 Å². The molecule has 0 fully saturated rings. The molecule has 0 unspecified atom stereocenters.